The van der Waals surface area contributed by atoms with Crippen LogP contribution in [0.4, 0.5) is 29.3 Å². The smallest absolute Gasteiger partial charge is 0.416 e. The topological polar surface area (TPSA) is 76.7 Å². The number of methoxy groups -OCH3 is 1. The molecule has 2 N–H and O–H groups in total. The zero-order valence-electron chi connectivity index (χ0n) is 20.2. The Bertz CT molecular complexity index is 1370. The van der Waals surface area contributed by atoms with E-state index < -0.39 is 29.8 Å². The number of carbonyl (C=O) groups excluding carboxylic acids is 2. The largest absolute Gasteiger partial charge is 0.480 e. The molecule has 2 amide bonds. The summed E-state index contributed by atoms with van der Waals surface area (Å²) in [5.41, 5.74) is 1.05. The van der Waals surface area contributed by atoms with Gasteiger partial charge < -0.3 is 20.1 Å². The number of halogens is 3. The summed E-state index contributed by atoms with van der Waals surface area (Å²) in [5.74, 6) is -0.472. The van der Waals surface area contributed by atoms with Gasteiger partial charge in [0, 0.05) is 11.4 Å². The quantitative estimate of drug-likeness (QED) is 0.251. The minimum Gasteiger partial charge on any atom is -0.480 e. The van der Waals surface area contributed by atoms with Gasteiger partial charge in [-0.3, -0.25) is 0 Å². The van der Waals surface area contributed by atoms with Crippen LogP contribution in [0.15, 0.2) is 103 Å². The first-order valence-electron chi connectivity index (χ1n) is 11.5. The number of rotatable bonds is 7. The van der Waals surface area contributed by atoms with E-state index in [1.54, 1.807) is 0 Å². The summed E-state index contributed by atoms with van der Waals surface area (Å²) >= 11 is 0. The van der Waals surface area contributed by atoms with Gasteiger partial charge in [0.15, 0.2) is 0 Å². The fourth-order valence-corrected chi connectivity index (χ4v) is 3.76. The highest BCUT2D eigenvalue weighted by Gasteiger charge is 2.30. The van der Waals surface area contributed by atoms with Gasteiger partial charge in [-0.1, -0.05) is 66.7 Å². The van der Waals surface area contributed by atoms with Crippen molar-refractivity contribution in [3.05, 3.63) is 125 Å². The number of urea groups is 1. The van der Waals surface area contributed by atoms with Crippen molar-refractivity contribution in [3.63, 3.8) is 0 Å². The number of esters is 1. The summed E-state index contributed by atoms with van der Waals surface area (Å²) in [5, 5.41) is 4.88. The van der Waals surface area contributed by atoms with Crippen LogP contribution in [0.3, 0.4) is 0 Å². The first kappa shape index (κ1) is 26.3. The number of amides is 2. The second kappa shape index (κ2) is 11.5. The highest BCUT2D eigenvalue weighted by atomic mass is 19.4. The molecular formula is C29H23F3N2O4. The van der Waals surface area contributed by atoms with E-state index in [0.29, 0.717) is 0 Å². The molecule has 0 saturated carbocycles. The van der Waals surface area contributed by atoms with E-state index >= 15 is 0 Å². The van der Waals surface area contributed by atoms with E-state index in [1.807, 2.05) is 60.7 Å². The third-order valence-electron chi connectivity index (χ3n) is 5.54. The number of carbonyl (C=O) groups is 2. The maximum absolute atomic E-state index is 13.0. The number of anilines is 2. The first-order chi connectivity index (χ1) is 18.2. The van der Waals surface area contributed by atoms with Gasteiger partial charge in [-0.25, -0.2) is 9.59 Å². The summed E-state index contributed by atoms with van der Waals surface area (Å²) < 4.78 is 50.1. The first-order valence-corrected chi connectivity index (χ1v) is 11.5. The molecule has 0 radical (unpaired) electrons. The molecule has 4 aromatic rings. The number of hydrogen-bond acceptors (Lipinski definition) is 4. The molecule has 0 aliphatic carbocycles. The van der Waals surface area contributed by atoms with Crippen molar-refractivity contribution in [2.75, 3.05) is 17.7 Å². The van der Waals surface area contributed by atoms with E-state index in [2.05, 4.69) is 10.6 Å². The highest BCUT2D eigenvalue weighted by molar-refractivity contribution is 6.01. The third kappa shape index (κ3) is 6.50. The van der Waals surface area contributed by atoms with Gasteiger partial charge in [-0.15, -0.1) is 0 Å². The number of hydrogen-bond donors (Lipinski definition) is 2. The Labute approximate surface area is 217 Å². The van der Waals surface area contributed by atoms with E-state index in [0.717, 1.165) is 23.3 Å². The van der Waals surface area contributed by atoms with Gasteiger partial charge in [0.1, 0.15) is 17.4 Å². The molecule has 0 aromatic heterocycles. The number of alkyl halides is 3. The molecule has 9 heteroatoms. The summed E-state index contributed by atoms with van der Waals surface area (Å²) in [6.45, 7) is 0. The fraction of sp³-hybridized carbons (Fsp3) is 0.103. The SMILES string of the molecule is COC(=O)c1cc(NC(=O)Nc2cccc(C(F)(F)F)c2)ccc1OC(c1ccccc1)c1ccccc1. The Hall–Kier alpha value is -4.79. The average Bonchev–Trinajstić information content (AvgIpc) is 2.92. The Morgan fingerprint density at radius 2 is 1.32 bits per heavy atom. The second-order valence-corrected chi connectivity index (χ2v) is 8.18. The van der Waals surface area contributed by atoms with Crippen molar-refractivity contribution in [1.29, 1.82) is 0 Å². The van der Waals surface area contributed by atoms with Crippen LogP contribution in [0, 0.1) is 0 Å². The normalized spacial score (nSPS) is 11.1. The lowest BCUT2D eigenvalue weighted by molar-refractivity contribution is -0.137. The van der Waals surface area contributed by atoms with E-state index in [4.69, 9.17) is 9.47 Å². The van der Waals surface area contributed by atoms with Crippen LogP contribution in [0.2, 0.25) is 0 Å². The Kier molecular flexibility index (Phi) is 7.96. The molecule has 38 heavy (non-hydrogen) atoms. The molecule has 0 aliphatic heterocycles. The maximum atomic E-state index is 13.0. The fourth-order valence-electron chi connectivity index (χ4n) is 3.76. The van der Waals surface area contributed by atoms with Crippen LogP contribution in [0.1, 0.15) is 33.2 Å². The van der Waals surface area contributed by atoms with Crippen LogP contribution >= 0.6 is 0 Å². The van der Waals surface area contributed by atoms with Crippen LogP contribution in [-0.4, -0.2) is 19.1 Å². The molecular weight excluding hydrogens is 497 g/mol. The average molecular weight is 521 g/mol. The van der Waals surface area contributed by atoms with E-state index in [9.17, 15) is 22.8 Å². The number of ether oxygens (including phenoxy) is 2. The maximum Gasteiger partial charge on any atom is 0.416 e. The van der Waals surface area contributed by atoms with Gasteiger partial charge in [-0.05, 0) is 47.5 Å². The standard InChI is InChI=1S/C29H23F3N2O4/c1-37-27(35)24-18-23(34-28(36)33-22-14-8-13-21(17-22)29(30,31)32)15-16-25(24)38-26(19-9-4-2-5-10-19)20-11-6-3-7-12-20/h2-18,26H,1H3,(H2,33,34,36). The number of nitrogens with one attached hydrogen (secondary N) is 2. The van der Waals surface area contributed by atoms with Gasteiger partial charge >= 0.3 is 18.2 Å². The monoisotopic (exact) mass is 520 g/mol. The summed E-state index contributed by atoms with van der Waals surface area (Å²) in [6, 6.07) is 26.8. The molecule has 0 heterocycles. The summed E-state index contributed by atoms with van der Waals surface area (Å²) in [6.07, 6.45) is -5.08. The lowest BCUT2D eigenvalue weighted by atomic mass is 10.0. The van der Waals surface area contributed by atoms with Crippen LogP contribution in [0.25, 0.3) is 0 Å². The van der Waals surface area contributed by atoms with Gasteiger partial charge in [0.25, 0.3) is 0 Å². The molecule has 194 valence electrons. The Morgan fingerprint density at radius 3 is 1.87 bits per heavy atom. The predicted octanol–water partition coefficient (Wildman–Crippen LogP) is 7.30. The molecule has 4 aromatic carbocycles. The number of benzene rings is 4. The molecule has 0 spiro atoms. The van der Waals surface area contributed by atoms with Gasteiger partial charge in [-0.2, -0.15) is 13.2 Å². The van der Waals surface area contributed by atoms with E-state index in [-0.39, 0.29) is 22.7 Å². The molecule has 0 fully saturated rings. The van der Waals surface area contributed by atoms with Crippen molar-refractivity contribution in [2.45, 2.75) is 12.3 Å². The molecule has 0 saturated heterocycles. The third-order valence-corrected chi connectivity index (χ3v) is 5.54. The Balaban J connectivity index is 1.58. The molecule has 0 atom stereocenters. The summed E-state index contributed by atoms with van der Waals surface area (Å²) in [7, 11) is 1.22. The zero-order chi connectivity index (χ0) is 27.1. The van der Waals surface area contributed by atoms with Crippen LogP contribution in [0.5, 0.6) is 5.75 Å². The Morgan fingerprint density at radius 1 is 0.737 bits per heavy atom. The van der Waals surface area contributed by atoms with Crippen molar-refractivity contribution >= 4 is 23.4 Å². The van der Waals surface area contributed by atoms with Gasteiger partial charge in [0.05, 0.1) is 12.7 Å². The van der Waals surface area contributed by atoms with Crippen molar-refractivity contribution in [3.8, 4) is 5.75 Å². The summed E-state index contributed by atoms with van der Waals surface area (Å²) in [4.78, 5) is 25.1. The predicted molar refractivity (Wildman–Crippen MR) is 137 cm³/mol. The molecule has 0 aliphatic rings. The van der Waals surface area contributed by atoms with E-state index in [1.165, 1.54) is 37.4 Å². The van der Waals surface area contributed by atoms with Crippen molar-refractivity contribution in [1.82, 2.24) is 0 Å². The minimum absolute atomic E-state index is 0.0426. The van der Waals surface area contributed by atoms with Crippen LogP contribution in [-0.2, 0) is 10.9 Å². The van der Waals surface area contributed by atoms with Gasteiger partial charge in [0.2, 0.25) is 0 Å². The van der Waals surface area contributed by atoms with Crippen LogP contribution < -0.4 is 15.4 Å². The lowest BCUT2D eigenvalue weighted by Gasteiger charge is -2.22. The molecule has 4 rings (SSSR count). The minimum atomic E-state index is -4.54. The molecule has 6 nitrogen and oxygen atoms in total. The zero-order valence-corrected chi connectivity index (χ0v) is 20.2. The van der Waals surface area contributed by atoms with Crippen molar-refractivity contribution < 1.29 is 32.2 Å². The molecule has 0 bridgehead atoms. The highest BCUT2D eigenvalue weighted by Crippen LogP contribution is 2.33. The lowest BCUT2D eigenvalue weighted by Crippen LogP contribution is -2.20. The van der Waals surface area contributed by atoms with Crippen molar-refractivity contribution in [2.24, 2.45) is 0 Å². The molecule has 0 unspecified atom stereocenters. The second-order valence-electron chi connectivity index (χ2n) is 8.18.